The highest BCUT2D eigenvalue weighted by molar-refractivity contribution is 6.32. The Kier molecular flexibility index (Phi) is 12.3. The quantitative estimate of drug-likeness (QED) is 0.161. The average molecular weight is 914 g/mol. The Bertz CT molecular complexity index is 2620. The van der Waals surface area contributed by atoms with Crippen LogP contribution < -0.4 is 9.80 Å². The molecule has 0 radical (unpaired) electrons. The first-order valence-electron chi connectivity index (χ1n) is 18.8. The molecule has 23 heteroatoms. The highest BCUT2D eigenvalue weighted by Gasteiger charge is 2.41. The van der Waals surface area contributed by atoms with E-state index in [-0.39, 0.29) is 30.3 Å². The van der Waals surface area contributed by atoms with Crippen molar-refractivity contribution < 1.29 is 49.8 Å². The van der Waals surface area contributed by atoms with Crippen LogP contribution in [0.15, 0.2) is 60.9 Å². The Balaban J connectivity index is 0.000000187. The lowest BCUT2D eigenvalue weighted by Gasteiger charge is -2.30. The summed E-state index contributed by atoms with van der Waals surface area (Å²) in [6.07, 6.45) is -4.05. The molecule has 1 N–H and O–H groups in total. The van der Waals surface area contributed by atoms with Crippen molar-refractivity contribution >= 4 is 46.4 Å². The number of rotatable bonds is 7. The fraction of sp³-hybridized carbons (Fsp3) is 0.333. The first kappa shape index (κ1) is 44.3. The molecule has 0 aliphatic carbocycles. The van der Waals surface area contributed by atoms with E-state index >= 15 is 0 Å². The van der Waals surface area contributed by atoms with Crippen molar-refractivity contribution in [1.29, 1.82) is 0 Å². The smallest absolute Gasteiger partial charge is 0.394 e. The number of carbonyl (C=O) groups is 2. The van der Waals surface area contributed by atoms with E-state index in [1.807, 2.05) is 0 Å². The Hall–Kier alpha value is -5.80. The van der Waals surface area contributed by atoms with Crippen molar-refractivity contribution in [3.8, 4) is 11.4 Å². The fourth-order valence-electron chi connectivity index (χ4n) is 7.29. The minimum absolute atomic E-state index is 0.0663. The van der Waals surface area contributed by atoms with E-state index in [0.29, 0.717) is 60.7 Å². The molecule has 0 bridgehead atoms. The summed E-state index contributed by atoms with van der Waals surface area (Å²) in [7, 11) is 0. The highest BCUT2D eigenvalue weighted by Crippen LogP contribution is 2.38. The molecule has 0 spiro atoms. The summed E-state index contributed by atoms with van der Waals surface area (Å²) in [4.78, 5) is 29.0. The van der Waals surface area contributed by atoms with Crippen molar-refractivity contribution in [2.45, 2.75) is 64.5 Å². The Labute approximate surface area is 356 Å². The number of hydrogen-bond donors (Lipinski definition) is 1. The van der Waals surface area contributed by atoms with Gasteiger partial charge in [0.25, 0.3) is 5.91 Å². The standard InChI is InChI=1S/C20H18ClF4N5O2.C19H16ClF4N5O/c1-11-17(21)18(20(23,24)25)27-29(11)16(10-31)19(32)28-8-2-3-14-15(28)9-26-30(14)13-6-4-12(22)5-7-13;1-11-17(20)18(19(22,23)24)26-28(11)10-16(30)27-8-2-3-14-15(27)9-25-29(14)13-6-4-12(21)5-7-13/h4-7,9,16,31H,2-3,8,10H2,1H3;4-7,9H,2-3,8,10H2,1H3. The van der Waals surface area contributed by atoms with Crippen LogP contribution in [0.3, 0.4) is 0 Å². The van der Waals surface area contributed by atoms with Crippen molar-refractivity contribution in [2.75, 3.05) is 29.5 Å². The van der Waals surface area contributed by atoms with Crippen LogP contribution in [0.2, 0.25) is 10.0 Å². The largest absolute Gasteiger partial charge is 0.436 e. The molecular weight excluding hydrogens is 879 g/mol. The molecule has 0 saturated heterocycles. The predicted molar refractivity (Wildman–Crippen MR) is 208 cm³/mol. The number of anilines is 2. The lowest BCUT2D eigenvalue weighted by molar-refractivity contribution is -0.142. The van der Waals surface area contributed by atoms with E-state index in [9.17, 15) is 49.8 Å². The van der Waals surface area contributed by atoms with Crippen molar-refractivity contribution in [1.82, 2.24) is 39.1 Å². The molecule has 13 nitrogen and oxygen atoms in total. The van der Waals surface area contributed by atoms with Crippen molar-refractivity contribution in [3.63, 3.8) is 0 Å². The second-order valence-electron chi connectivity index (χ2n) is 14.3. The number of aliphatic hydroxyl groups excluding tert-OH is 1. The molecule has 2 aliphatic heterocycles. The maximum atomic E-state index is 13.3. The van der Waals surface area contributed by atoms with E-state index in [4.69, 9.17) is 23.2 Å². The molecule has 1 atom stereocenters. The van der Waals surface area contributed by atoms with Gasteiger partial charge in [0.15, 0.2) is 17.4 Å². The van der Waals surface area contributed by atoms with Crippen LogP contribution >= 0.6 is 23.2 Å². The second-order valence-corrected chi connectivity index (χ2v) is 15.0. The van der Waals surface area contributed by atoms with Crippen LogP contribution in [0.5, 0.6) is 0 Å². The zero-order chi connectivity index (χ0) is 44.8. The lowest BCUT2D eigenvalue weighted by Crippen LogP contribution is -2.42. The first-order valence-corrected chi connectivity index (χ1v) is 19.6. The number of aliphatic hydroxyl groups is 1. The Morgan fingerprint density at radius 1 is 0.710 bits per heavy atom. The number of benzene rings is 2. The van der Waals surface area contributed by atoms with Gasteiger partial charge in [-0.1, -0.05) is 23.2 Å². The summed E-state index contributed by atoms with van der Waals surface area (Å²) in [5, 5.41) is 24.3. The molecule has 1 unspecified atom stereocenters. The third-order valence-electron chi connectivity index (χ3n) is 10.4. The molecule has 0 fully saturated rings. The van der Waals surface area contributed by atoms with Crippen LogP contribution in [0.1, 0.15) is 53.0 Å². The van der Waals surface area contributed by atoms with Gasteiger partial charge in [0, 0.05) is 13.1 Å². The fourth-order valence-corrected chi connectivity index (χ4v) is 7.77. The summed E-state index contributed by atoms with van der Waals surface area (Å²) in [6, 6.07) is 10.1. The average Bonchev–Trinajstić information content (AvgIpc) is 4.00. The number of nitrogens with zero attached hydrogens (tertiary/aromatic N) is 10. The van der Waals surface area contributed by atoms with Gasteiger partial charge < -0.3 is 14.9 Å². The van der Waals surface area contributed by atoms with Crippen LogP contribution in [0.25, 0.3) is 11.4 Å². The molecule has 62 heavy (non-hydrogen) atoms. The number of halogens is 10. The zero-order valence-corrected chi connectivity index (χ0v) is 34.0. The molecule has 2 aromatic carbocycles. The van der Waals surface area contributed by atoms with Crippen LogP contribution in [0.4, 0.5) is 46.5 Å². The van der Waals surface area contributed by atoms with E-state index in [2.05, 4.69) is 20.4 Å². The number of fused-ring (bicyclic) bond motifs is 2. The highest BCUT2D eigenvalue weighted by atomic mass is 35.5. The van der Waals surface area contributed by atoms with E-state index < -0.39 is 64.1 Å². The molecule has 328 valence electrons. The Morgan fingerprint density at radius 2 is 1.16 bits per heavy atom. The lowest BCUT2D eigenvalue weighted by atomic mass is 10.1. The van der Waals surface area contributed by atoms with E-state index in [1.54, 1.807) is 33.6 Å². The molecular formula is C39H34Cl2F8N10O3. The summed E-state index contributed by atoms with van der Waals surface area (Å²) in [6.45, 7) is 2.22. The van der Waals surface area contributed by atoms with Crippen LogP contribution in [-0.2, 0) is 41.3 Å². The molecule has 6 heterocycles. The normalized spacial score (nSPS) is 14.6. The summed E-state index contributed by atoms with van der Waals surface area (Å²) in [5.74, 6) is -1.83. The van der Waals surface area contributed by atoms with Gasteiger partial charge in [-0.25, -0.2) is 18.1 Å². The van der Waals surface area contributed by atoms with Crippen molar-refractivity contribution in [3.05, 3.63) is 117 Å². The first-order chi connectivity index (χ1) is 29.3. The molecule has 2 amide bonds. The van der Waals surface area contributed by atoms with E-state index in [1.165, 1.54) is 60.3 Å². The topological polar surface area (TPSA) is 132 Å². The second kappa shape index (κ2) is 17.2. The predicted octanol–water partition coefficient (Wildman–Crippen LogP) is 7.87. The minimum Gasteiger partial charge on any atom is -0.394 e. The van der Waals surface area contributed by atoms with Gasteiger partial charge in [-0.05, 0) is 88.1 Å². The summed E-state index contributed by atoms with van der Waals surface area (Å²) in [5.41, 5.74) is 1.22. The van der Waals surface area contributed by atoms with Gasteiger partial charge in [0.1, 0.15) is 18.2 Å². The van der Waals surface area contributed by atoms with Gasteiger partial charge in [-0.3, -0.25) is 19.0 Å². The third-order valence-corrected chi connectivity index (χ3v) is 11.3. The molecule has 2 aliphatic rings. The van der Waals surface area contributed by atoms with Crippen molar-refractivity contribution in [2.24, 2.45) is 0 Å². The Morgan fingerprint density at radius 3 is 1.61 bits per heavy atom. The number of amides is 2. The van der Waals surface area contributed by atoms with Crippen LogP contribution in [0, 0.1) is 25.5 Å². The molecule has 0 saturated carbocycles. The minimum atomic E-state index is -4.80. The SMILES string of the molecule is Cc1c(Cl)c(C(F)(F)F)nn1C(CO)C(=O)N1CCCc2c1cnn2-c1ccc(F)cc1.Cc1c(Cl)c(C(F)(F)F)nn1CC(=O)N1CCCc2c1cnn2-c1ccc(F)cc1. The third kappa shape index (κ3) is 8.52. The monoisotopic (exact) mass is 912 g/mol. The number of alkyl halides is 6. The van der Waals surface area contributed by atoms with Crippen LogP contribution in [-0.4, -0.2) is 75.7 Å². The maximum absolute atomic E-state index is 13.3. The summed E-state index contributed by atoms with van der Waals surface area (Å²) >= 11 is 11.6. The molecule has 4 aromatic heterocycles. The number of hydrogen-bond acceptors (Lipinski definition) is 7. The zero-order valence-electron chi connectivity index (χ0n) is 32.5. The summed E-state index contributed by atoms with van der Waals surface area (Å²) < 4.78 is 110. The maximum Gasteiger partial charge on any atom is 0.436 e. The van der Waals surface area contributed by atoms with Gasteiger partial charge in [0.2, 0.25) is 5.91 Å². The number of aromatic nitrogens is 8. The molecule has 6 aromatic rings. The van der Waals surface area contributed by atoms with Gasteiger partial charge in [-0.2, -0.15) is 46.7 Å². The van der Waals surface area contributed by atoms with Gasteiger partial charge >= 0.3 is 12.4 Å². The number of carbonyl (C=O) groups excluding carboxylic acids is 2. The van der Waals surface area contributed by atoms with Gasteiger partial charge in [-0.15, -0.1) is 0 Å². The molecule has 8 rings (SSSR count). The van der Waals surface area contributed by atoms with Gasteiger partial charge in [0.05, 0.1) is 74.6 Å². The van der Waals surface area contributed by atoms with E-state index in [0.717, 1.165) is 15.1 Å².